The molecule has 118 valence electrons. The van der Waals surface area contributed by atoms with E-state index in [0.717, 1.165) is 0 Å². The number of halogens is 1. The molecule has 0 saturated heterocycles. The zero-order chi connectivity index (χ0) is 16.9. The minimum absolute atomic E-state index is 0.0838. The summed E-state index contributed by atoms with van der Waals surface area (Å²) in [5.74, 6) is -0.452. The molecule has 0 unspecified atom stereocenters. The molecule has 4 heteroatoms. The second-order valence-corrected chi connectivity index (χ2v) is 5.38. The van der Waals surface area contributed by atoms with Crippen LogP contribution in [0.15, 0.2) is 84.0 Å². The van der Waals surface area contributed by atoms with E-state index >= 15 is 0 Å². The van der Waals surface area contributed by atoms with Gasteiger partial charge in [-0.05, 0) is 23.3 Å². The van der Waals surface area contributed by atoms with Crippen LogP contribution in [0.3, 0.4) is 0 Å². The number of benzene rings is 3. The average molecular weight is 319 g/mol. The van der Waals surface area contributed by atoms with E-state index in [1.54, 1.807) is 36.4 Å². The Hall–Kier alpha value is -3.14. The molecule has 0 aliphatic heterocycles. The third-order valence-electron chi connectivity index (χ3n) is 3.82. The molecule has 0 aliphatic carbocycles. The van der Waals surface area contributed by atoms with Gasteiger partial charge in [0.05, 0.1) is 0 Å². The minimum Gasteiger partial charge on any atom is -0.289 e. The highest BCUT2D eigenvalue weighted by molar-refractivity contribution is 6.08. The van der Waals surface area contributed by atoms with Crippen LogP contribution in [-0.4, -0.2) is 5.78 Å². The maximum Gasteiger partial charge on any atom is 0.193 e. The molecule has 3 aromatic carbocycles. The molecule has 0 bridgehead atoms. The van der Waals surface area contributed by atoms with Gasteiger partial charge in [0.25, 0.3) is 0 Å². The first-order valence-corrected chi connectivity index (χ1v) is 7.46. The Bertz CT molecular complexity index is 843. The fourth-order valence-electron chi connectivity index (χ4n) is 2.53. The molecule has 24 heavy (non-hydrogen) atoms. The van der Waals surface area contributed by atoms with Crippen LogP contribution >= 0.6 is 0 Å². The second kappa shape index (κ2) is 6.96. The maximum atomic E-state index is 13.0. The van der Waals surface area contributed by atoms with Crippen molar-refractivity contribution >= 4 is 5.78 Å². The Kier molecular flexibility index (Phi) is 4.57. The van der Waals surface area contributed by atoms with Crippen molar-refractivity contribution in [1.29, 1.82) is 0 Å². The lowest BCUT2D eigenvalue weighted by Gasteiger charge is -2.10. The molecular formula is C20H14FNO2. The molecule has 3 rings (SSSR count). The fourth-order valence-corrected chi connectivity index (χ4v) is 2.53. The number of nitrogens with zero attached hydrogens (tertiary/aromatic N) is 1. The van der Waals surface area contributed by atoms with Gasteiger partial charge in [-0.2, -0.15) is 0 Å². The predicted octanol–water partition coefficient (Wildman–Crippen LogP) is 4.91. The van der Waals surface area contributed by atoms with Gasteiger partial charge in [-0.25, -0.2) is 4.39 Å². The van der Waals surface area contributed by atoms with Gasteiger partial charge in [0, 0.05) is 11.1 Å². The number of hydrogen-bond donors (Lipinski definition) is 0. The summed E-state index contributed by atoms with van der Waals surface area (Å²) >= 11 is 0. The van der Waals surface area contributed by atoms with E-state index in [4.69, 9.17) is 0 Å². The third kappa shape index (κ3) is 3.27. The van der Waals surface area contributed by atoms with Crippen molar-refractivity contribution in [3.8, 4) is 0 Å². The van der Waals surface area contributed by atoms with Gasteiger partial charge in [-0.1, -0.05) is 71.9 Å². The van der Waals surface area contributed by atoms with Gasteiger partial charge < -0.3 is 0 Å². The Morgan fingerprint density at radius 1 is 0.750 bits per heavy atom. The molecular weight excluding hydrogens is 305 g/mol. The van der Waals surface area contributed by atoms with Crippen LogP contribution in [0.1, 0.15) is 33.1 Å². The second-order valence-electron chi connectivity index (χ2n) is 5.38. The Labute approximate surface area is 138 Å². The van der Waals surface area contributed by atoms with Gasteiger partial charge in [-0.15, -0.1) is 4.91 Å². The number of carbonyl (C=O) groups excluding carboxylic acids is 1. The molecule has 1 atom stereocenters. The zero-order valence-electron chi connectivity index (χ0n) is 12.7. The first-order chi connectivity index (χ1) is 11.7. The Morgan fingerprint density at radius 3 is 1.79 bits per heavy atom. The van der Waals surface area contributed by atoms with E-state index < -0.39 is 6.04 Å². The molecule has 0 saturated carbocycles. The van der Waals surface area contributed by atoms with Crippen molar-refractivity contribution in [2.45, 2.75) is 6.04 Å². The normalized spacial score (nSPS) is 11.7. The summed E-state index contributed by atoms with van der Waals surface area (Å²) in [5.41, 5.74) is 2.40. The summed E-state index contributed by atoms with van der Waals surface area (Å²) < 4.78 is 13.0. The summed E-state index contributed by atoms with van der Waals surface area (Å²) in [6.45, 7) is 0. The summed E-state index contributed by atoms with van der Waals surface area (Å²) in [7, 11) is 0. The fraction of sp³-hybridized carbons (Fsp3) is 0.0500. The number of hydrogen-bond acceptors (Lipinski definition) is 3. The van der Waals surface area contributed by atoms with Crippen molar-refractivity contribution in [3.05, 3.63) is 112 Å². The quantitative estimate of drug-likeness (QED) is 0.495. The number of carbonyl (C=O) groups is 1. The van der Waals surface area contributed by atoms with Crippen molar-refractivity contribution in [1.82, 2.24) is 0 Å². The molecule has 0 radical (unpaired) electrons. The van der Waals surface area contributed by atoms with Crippen LogP contribution < -0.4 is 0 Å². The van der Waals surface area contributed by atoms with E-state index in [2.05, 4.69) is 5.18 Å². The van der Waals surface area contributed by atoms with Crippen LogP contribution in [0.2, 0.25) is 0 Å². The standard InChI is InChI=1S/C20H14FNO2/c21-18-12-10-15(11-13-18)19(22-24)14-6-8-17(9-7-14)20(23)16-4-2-1-3-5-16/h1-13,19H/t19-/m1/s1. The minimum atomic E-state index is -0.730. The molecule has 0 aliphatic rings. The smallest absolute Gasteiger partial charge is 0.193 e. The summed E-state index contributed by atoms with van der Waals surface area (Å²) in [4.78, 5) is 23.6. The van der Waals surface area contributed by atoms with Crippen molar-refractivity contribution in [3.63, 3.8) is 0 Å². The lowest BCUT2D eigenvalue weighted by molar-refractivity contribution is 0.103. The van der Waals surface area contributed by atoms with E-state index in [-0.39, 0.29) is 11.6 Å². The highest BCUT2D eigenvalue weighted by Gasteiger charge is 2.16. The van der Waals surface area contributed by atoms with Crippen molar-refractivity contribution in [2.75, 3.05) is 0 Å². The van der Waals surface area contributed by atoms with Crippen molar-refractivity contribution in [2.24, 2.45) is 5.18 Å². The first kappa shape index (κ1) is 15.7. The van der Waals surface area contributed by atoms with Gasteiger partial charge in [0.1, 0.15) is 11.9 Å². The highest BCUT2D eigenvalue weighted by atomic mass is 19.1. The van der Waals surface area contributed by atoms with Gasteiger partial charge in [0.2, 0.25) is 0 Å². The predicted molar refractivity (Wildman–Crippen MR) is 90.4 cm³/mol. The van der Waals surface area contributed by atoms with Crippen LogP contribution in [0, 0.1) is 10.7 Å². The third-order valence-corrected chi connectivity index (χ3v) is 3.82. The SMILES string of the molecule is O=N[C@@H](c1ccc(F)cc1)c1ccc(C(=O)c2ccccc2)cc1. The molecule has 0 spiro atoms. The monoisotopic (exact) mass is 319 g/mol. The highest BCUT2D eigenvalue weighted by Crippen LogP contribution is 2.26. The van der Waals surface area contributed by atoms with Gasteiger partial charge in [0.15, 0.2) is 5.78 Å². The van der Waals surface area contributed by atoms with E-state index in [1.807, 2.05) is 18.2 Å². The van der Waals surface area contributed by atoms with Crippen LogP contribution in [0.4, 0.5) is 4.39 Å². The van der Waals surface area contributed by atoms with Crippen LogP contribution in [-0.2, 0) is 0 Å². The van der Waals surface area contributed by atoms with E-state index in [9.17, 15) is 14.1 Å². The van der Waals surface area contributed by atoms with Crippen LogP contribution in [0.25, 0.3) is 0 Å². The molecule has 3 nitrogen and oxygen atoms in total. The number of nitroso groups, excluding NO2 is 1. The molecule has 0 fully saturated rings. The lowest BCUT2D eigenvalue weighted by atomic mass is 9.96. The van der Waals surface area contributed by atoms with Gasteiger partial charge in [-0.3, -0.25) is 4.79 Å². The summed E-state index contributed by atoms with van der Waals surface area (Å²) in [6.07, 6.45) is 0. The van der Waals surface area contributed by atoms with Crippen LogP contribution in [0.5, 0.6) is 0 Å². The lowest BCUT2D eigenvalue weighted by Crippen LogP contribution is -2.02. The molecule has 0 aromatic heterocycles. The van der Waals surface area contributed by atoms with E-state index in [0.29, 0.717) is 22.3 Å². The maximum absolute atomic E-state index is 13.0. The topological polar surface area (TPSA) is 46.5 Å². The molecule has 0 amide bonds. The summed E-state index contributed by atoms with van der Waals surface area (Å²) in [6, 6.07) is 20.6. The van der Waals surface area contributed by atoms with Gasteiger partial charge >= 0.3 is 0 Å². The molecule has 0 heterocycles. The molecule has 0 N–H and O–H groups in total. The summed E-state index contributed by atoms with van der Waals surface area (Å²) in [5, 5.41) is 3.13. The Balaban J connectivity index is 1.86. The Morgan fingerprint density at radius 2 is 1.25 bits per heavy atom. The number of rotatable bonds is 5. The zero-order valence-corrected chi connectivity index (χ0v) is 12.7. The molecule has 3 aromatic rings. The van der Waals surface area contributed by atoms with E-state index in [1.165, 1.54) is 24.3 Å². The number of ketones is 1. The average Bonchev–Trinajstić information content (AvgIpc) is 2.64. The largest absolute Gasteiger partial charge is 0.289 e. The first-order valence-electron chi connectivity index (χ1n) is 7.46. The van der Waals surface area contributed by atoms with Crippen molar-refractivity contribution < 1.29 is 9.18 Å².